The molecule has 3 N–H and O–H groups in total. The van der Waals surface area contributed by atoms with Crippen LogP contribution in [-0.4, -0.2) is 91.0 Å². The molecule has 0 unspecified atom stereocenters. The predicted octanol–water partition coefficient (Wildman–Crippen LogP) is 4.02. The van der Waals surface area contributed by atoms with Gasteiger partial charge in [-0.2, -0.15) is 0 Å². The van der Waals surface area contributed by atoms with Gasteiger partial charge in [-0.25, -0.2) is 0 Å². The van der Waals surface area contributed by atoms with E-state index in [4.69, 9.17) is 14.2 Å². The number of ether oxygens (including phenoxy) is 3. The second kappa shape index (κ2) is 15.3. The summed E-state index contributed by atoms with van der Waals surface area (Å²) in [5.41, 5.74) is 1.24. The fourth-order valence-electron chi connectivity index (χ4n) is 8.16. The number of rotatable bonds is 12. The first kappa shape index (κ1) is 34.4. The molecule has 2 amide bonds. The van der Waals surface area contributed by atoms with E-state index < -0.39 is 30.1 Å². The lowest BCUT2D eigenvalue weighted by Crippen LogP contribution is -2.57. The molecule has 1 aliphatic heterocycles. The van der Waals surface area contributed by atoms with Crippen LogP contribution in [0.25, 0.3) is 0 Å². The Kier molecular flexibility index (Phi) is 11.4. The number of benzene rings is 1. The Hall–Kier alpha value is -2.95. The third-order valence-electron chi connectivity index (χ3n) is 10.7. The summed E-state index contributed by atoms with van der Waals surface area (Å²) < 4.78 is 18.3. The molecule has 7 atom stereocenters. The number of carbonyl (C=O) groups excluding carboxylic acids is 3. The lowest BCUT2D eigenvalue weighted by atomic mass is 9.75. The van der Waals surface area contributed by atoms with Gasteiger partial charge in [0.25, 0.3) is 0 Å². The summed E-state index contributed by atoms with van der Waals surface area (Å²) in [5.74, 6) is 0.998. The molecule has 0 saturated heterocycles. The lowest BCUT2D eigenvalue weighted by Gasteiger charge is -2.43. The van der Waals surface area contributed by atoms with Crippen LogP contribution in [0.1, 0.15) is 94.0 Å². The summed E-state index contributed by atoms with van der Waals surface area (Å²) in [6, 6.07) is 2.38. The Balaban J connectivity index is 1.49. The van der Waals surface area contributed by atoms with E-state index in [0.717, 1.165) is 44.9 Å². The van der Waals surface area contributed by atoms with Gasteiger partial charge in [-0.15, -0.1) is 0 Å². The maximum Gasteiger partial charge on any atom is 0.249 e. The molecule has 2 saturated carbocycles. The topological polar surface area (TPSA) is 135 Å². The number of aldehydes is 1. The SMILES string of the molecule is COc1cc(C=O)cc2c1O[C@@H]1[C@@H](O)[C@H](N(CC3CCCCC3)C(=O)CO[C@H]3C[C@@H](C)CC[C@@H]3C(C)C)C=C(C(=O)NCCO)[C@H]21. The van der Waals surface area contributed by atoms with Gasteiger partial charge >= 0.3 is 0 Å². The molecule has 46 heavy (non-hydrogen) atoms. The van der Waals surface area contributed by atoms with Crippen molar-refractivity contribution >= 4 is 18.1 Å². The van der Waals surface area contributed by atoms with Gasteiger partial charge < -0.3 is 34.6 Å². The van der Waals surface area contributed by atoms with Crippen LogP contribution >= 0.6 is 0 Å². The summed E-state index contributed by atoms with van der Waals surface area (Å²) in [5, 5.41) is 24.2. The lowest BCUT2D eigenvalue weighted by molar-refractivity contribution is -0.148. The van der Waals surface area contributed by atoms with Crippen molar-refractivity contribution in [1.82, 2.24) is 10.2 Å². The quantitative estimate of drug-likeness (QED) is 0.292. The van der Waals surface area contributed by atoms with Crippen LogP contribution in [0.5, 0.6) is 11.5 Å². The third-order valence-corrected chi connectivity index (χ3v) is 10.7. The number of carbonyl (C=O) groups is 3. The summed E-state index contributed by atoms with van der Waals surface area (Å²) >= 11 is 0. The molecule has 10 nitrogen and oxygen atoms in total. The van der Waals surface area contributed by atoms with E-state index in [0.29, 0.717) is 58.8 Å². The molecule has 1 heterocycles. The van der Waals surface area contributed by atoms with Crippen LogP contribution in [-0.2, 0) is 14.3 Å². The third kappa shape index (κ3) is 7.29. The van der Waals surface area contributed by atoms with Gasteiger partial charge in [0.05, 0.1) is 31.8 Å². The summed E-state index contributed by atoms with van der Waals surface area (Å²) in [6.45, 7) is 6.82. The van der Waals surface area contributed by atoms with Gasteiger partial charge in [0.15, 0.2) is 11.5 Å². The highest BCUT2D eigenvalue weighted by molar-refractivity contribution is 5.96. The monoisotopic (exact) mass is 640 g/mol. The number of nitrogens with zero attached hydrogens (tertiary/aromatic N) is 1. The van der Waals surface area contributed by atoms with E-state index in [2.05, 4.69) is 26.1 Å². The minimum atomic E-state index is -1.16. The zero-order valence-electron chi connectivity index (χ0n) is 27.8. The number of amides is 2. The van der Waals surface area contributed by atoms with E-state index >= 15 is 0 Å². The van der Waals surface area contributed by atoms with Gasteiger partial charge in [-0.3, -0.25) is 14.4 Å². The molecule has 2 fully saturated rings. The van der Waals surface area contributed by atoms with Gasteiger partial charge in [0.2, 0.25) is 11.8 Å². The Labute approximate surface area is 272 Å². The second-order valence-corrected chi connectivity index (χ2v) is 14.1. The van der Waals surface area contributed by atoms with Crippen molar-refractivity contribution in [1.29, 1.82) is 0 Å². The molecule has 254 valence electrons. The van der Waals surface area contributed by atoms with Gasteiger partial charge in [-0.05, 0) is 67.6 Å². The molecule has 0 radical (unpaired) electrons. The van der Waals surface area contributed by atoms with Crippen molar-refractivity contribution in [2.45, 2.75) is 102 Å². The van der Waals surface area contributed by atoms with Gasteiger partial charge in [-0.1, -0.05) is 46.5 Å². The van der Waals surface area contributed by atoms with Crippen molar-refractivity contribution in [3.8, 4) is 11.5 Å². The first-order chi connectivity index (χ1) is 22.2. The van der Waals surface area contributed by atoms with Crippen molar-refractivity contribution in [2.24, 2.45) is 23.7 Å². The molecule has 0 spiro atoms. The first-order valence-electron chi connectivity index (χ1n) is 17.2. The maximum atomic E-state index is 14.2. The molecule has 5 rings (SSSR count). The summed E-state index contributed by atoms with van der Waals surface area (Å²) in [6.07, 6.45) is 8.84. The van der Waals surface area contributed by atoms with Crippen molar-refractivity contribution in [3.63, 3.8) is 0 Å². The highest BCUT2D eigenvalue weighted by atomic mass is 16.5. The number of methoxy groups -OCH3 is 1. The van der Waals surface area contributed by atoms with Crippen LogP contribution in [0, 0.1) is 23.7 Å². The average Bonchev–Trinajstić information content (AvgIpc) is 3.45. The van der Waals surface area contributed by atoms with Crippen molar-refractivity contribution in [3.05, 3.63) is 34.9 Å². The molecular formula is C36H52N2O8. The minimum absolute atomic E-state index is 0.00704. The maximum absolute atomic E-state index is 14.2. The molecular weight excluding hydrogens is 588 g/mol. The van der Waals surface area contributed by atoms with Gasteiger partial charge in [0.1, 0.15) is 25.1 Å². The fraction of sp³-hybridized carbons (Fsp3) is 0.694. The predicted molar refractivity (Wildman–Crippen MR) is 173 cm³/mol. The van der Waals surface area contributed by atoms with E-state index in [1.165, 1.54) is 13.5 Å². The number of hydrogen-bond donors (Lipinski definition) is 3. The van der Waals surface area contributed by atoms with E-state index in [-0.39, 0.29) is 37.7 Å². The number of hydrogen-bond acceptors (Lipinski definition) is 8. The molecule has 0 bridgehead atoms. The second-order valence-electron chi connectivity index (χ2n) is 14.1. The number of nitrogens with one attached hydrogen (secondary N) is 1. The summed E-state index contributed by atoms with van der Waals surface area (Å²) in [4.78, 5) is 41.4. The smallest absolute Gasteiger partial charge is 0.249 e. The number of aliphatic hydroxyl groups is 2. The fourth-order valence-corrected chi connectivity index (χ4v) is 8.16. The van der Waals surface area contributed by atoms with Crippen LogP contribution in [0.15, 0.2) is 23.8 Å². The largest absolute Gasteiger partial charge is 0.493 e. The zero-order chi connectivity index (χ0) is 33.0. The van der Waals surface area contributed by atoms with Crippen LogP contribution < -0.4 is 14.8 Å². The molecule has 0 aromatic heterocycles. The van der Waals surface area contributed by atoms with E-state index in [9.17, 15) is 24.6 Å². The van der Waals surface area contributed by atoms with Crippen LogP contribution in [0.4, 0.5) is 0 Å². The molecule has 3 aliphatic carbocycles. The molecule has 10 heteroatoms. The zero-order valence-corrected chi connectivity index (χ0v) is 27.8. The van der Waals surface area contributed by atoms with Crippen molar-refractivity contribution in [2.75, 3.05) is 33.4 Å². The molecule has 1 aromatic rings. The Morgan fingerprint density at radius 2 is 1.91 bits per heavy atom. The Bertz CT molecular complexity index is 1270. The normalized spacial score (nSPS) is 29.3. The van der Waals surface area contributed by atoms with Crippen LogP contribution in [0.3, 0.4) is 0 Å². The highest BCUT2D eigenvalue weighted by Crippen LogP contribution is 2.51. The number of aliphatic hydroxyl groups excluding tert-OH is 2. The van der Waals surface area contributed by atoms with E-state index in [1.54, 1.807) is 23.1 Å². The van der Waals surface area contributed by atoms with Crippen molar-refractivity contribution < 1.29 is 38.8 Å². The Morgan fingerprint density at radius 3 is 2.59 bits per heavy atom. The van der Waals surface area contributed by atoms with E-state index in [1.807, 2.05) is 0 Å². The summed E-state index contributed by atoms with van der Waals surface area (Å²) in [7, 11) is 1.47. The highest BCUT2D eigenvalue weighted by Gasteiger charge is 2.51. The van der Waals surface area contributed by atoms with Gasteiger partial charge in [0, 0.05) is 29.8 Å². The average molecular weight is 641 g/mol. The standard InChI is InChI=1S/C36H52N2O8/c1-21(2)25-11-10-22(3)14-29(25)45-20-31(41)38(18-23-8-6-5-7-9-23)28-17-27(36(43)37-12-13-39)32-26-15-24(19-40)16-30(44-4)34(26)46-35(32)33(28)42/h15-17,19,21-23,25,28-29,32-33,35,39,42H,5-14,18,20H2,1-4H3,(H,37,43)/t22-,25+,28+,29-,32-,33-,35-/m0/s1. The Morgan fingerprint density at radius 1 is 1.15 bits per heavy atom. The van der Waals surface area contributed by atoms with Crippen LogP contribution in [0.2, 0.25) is 0 Å². The molecule has 1 aromatic carbocycles. The number of fused-ring (bicyclic) bond motifs is 3. The minimum Gasteiger partial charge on any atom is -0.493 e. The first-order valence-corrected chi connectivity index (χ1v) is 17.2. The molecule has 4 aliphatic rings.